The third-order valence-corrected chi connectivity index (χ3v) is 2.16. The van der Waals surface area contributed by atoms with Crippen molar-refractivity contribution >= 4 is 5.97 Å². The van der Waals surface area contributed by atoms with Gasteiger partial charge < -0.3 is 9.84 Å². The van der Waals surface area contributed by atoms with Gasteiger partial charge in [-0.25, -0.2) is 0 Å². The lowest BCUT2D eigenvalue weighted by Gasteiger charge is -2.27. The molecule has 0 aromatic heterocycles. The lowest BCUT2D eigenvalue weighted by atomic mass is 9.93. The van der Waals surface area contributed by atoms with Crippen LogP contribution in [0.15, 0.2) is 0 Å². The van der Waals surface area contributed by atoms with E-state index in [-0.39, 0.29) is 12.0 Å². The van der Waals surface area contributed by atoms with Crippen molar-refractivity contribution in [3.05, 3.63) is 0 Å². The van der Waals surface area contributed by atoms with Crippen LogP contribution in [0, 0.1) is 5.92 Å². The van der Waals surface area contributed by atoms with Gasteiger partial charge in [0.15, 0.2) is 0 Å². The number of hydrogen-bond donors (Lipinski definition) is 1. The van der Waals surface area contributed by atoms with Gasteiger partial charge in [0.2, 0.25) is 0 Å². The summed E-state index contributed by atoms with van der Waals surface area (Å²) < 4.78 is 5.32. The number of carboxylic acid groups (broad SMARTS) is 1. The van der Waals surface area contributed by atoms with Gasteiger partial charge in [-0.15, -0.1) is 0 Å². The molecule has 0 aromatic rings. The van der Waals surface area contributed by atoms with Crippen LogP contribution in [-0.4, -0.2) is 23.8 Å². The average Bonchev–Trinajstić information content (AvgIpc) is 2.04. The van der Waals surface area contributed by atoms with E-state index in [1.807, 2.05) is 6.92 Å². The maximum atomic E-state index is 10.6. The second-order valence-corrected chi connectivity index (χ2v) is 2.90. The number of ether oxygens (including phenoxy) is 1. The van der Waals surface area contributed by atoms with Gasteiger partial charge in [0.25, 0.3) is 0 Å². The van der Waals surface area contributed by atoms with Gasteiger partial charge in [-0.1, -0.05) is 6.92 Å². The Balaban J connectivity index is 2.51. The molecule has 0 amide bonds. The summed E-state index contributed by atoms with van der Waals surface area (Å²) in [4.78, 5) is 10.6. The van der Waals surface area contributed by atoms with E-state index in [9.17, 15) is 4.79 Å². The standard InChI is InChI=1S/C8H14O3/c1-2-7-6(8(9)10)4-3-5-11-7/h6-7H,2-5H2,1H3,(H,9,10). The van der Waals surface area contributed by atoms with Crippen molar-refractivity contribution in [1.82, 2.24) is 0 Å². The number of hydrogen-bond acceptors (Lipinski definition) is 2. The summed E-state index contributed by atoms with van der Waals surface area (Å²) in [5.41, 5.74) is 0. The first-order chi connectivity index (χ1) is 5.25. The van der Waals surface area contributed by atoms with Gasteiger partial charge >= 0.3 is 5.97 Å². The largest absolute Gasteiger partial charge is 0.481 e. The van der Waals surface area contributed by atoms with Gasteiger partial charge in [-0.05, 0) is 19.3 Å². The fourth-order valence-corrected chi connectivity index (χ4v) is 1.52. The van der Waals surface area contributed by atoms with Gasteiger partial charge in [0, 0.05) is 6.61 Å². The molecule has 3 nitrogen and oxygen atoms in total. The summed E-state index contributed by atoms with van der Waals surface area (Å²) in [5.74, 6) is -0.981. The predicted molar refractivity (Wildman–Crippen MR) is 40.4 cm³/mol. The Morgan fingerprint density at radius 2 is 2.45 bits per heavy atom. The summed E-state index contributed by atoms with van der Waals surface area (Å²) in [6.07, 6.45) is 2.40. The minimum absolute atomic E-state index is 0.0544. The highest BCUT2D eigenvalue weighted by Crippen LogP contribution is 2.22. The summed E-state index contributed by atoms with van der Waals surface area (Å²) in [7, 11) is 0. The average molecular weight is 158 g/mol. The Morgan fingerprint density at radius 3 is 2.91 bits per heavy atom. The predicted octanol–water partition coefficient (Wildman–Crippen LogP) is 1.28. The maximum absolute atomic E-state index is 10.6. The van der Waals surface area contributed by atoms with Crippen LogP contribution >= 0.6 is 0 Å². The van der Waals surface area contributed by atoms with E-state index < -0.39 is 5.97 Å². The molecule has 1 fully saturated rings. The van der Waals surface area contributed by atoms with E-state index in [1.54, 1.807) is 0 Å². The maximum Gasteiger partial charge on any atom is 0.309 e. The minimum atomic E-state index is -0.712. The van der Waals surface area contributed by atoms with Crippen LogP contribution in [0.3, 0.4) is 0 Å². The molecule has 1 heterocycles. The normalized spacial score (nSPS) is 31.7. The molecule has 0 radical (unpaired) electrons. The smallest absolute Gasteiger partial charge is 0.309 e. The Kier molecular flexibility index (Phi) is 2.88. The van der Waals surface area contributed by atoms with Gasteiger partial charge in [-0.2, -0.15) is 0 Å². The fourth-order valence-electron chi connectivity index (χ4n) is 1.52. The van der Waals surface area contributed by atoms with Crippen molar-refractivity contribution in [1.29, 1.82) is 0 Å². The van der Waals surface area contributed by atoms with Crippen LogP contribution < -0.4 is 0 Å². The van der Waals surface area contributed by atoms with Crippen molar-refractivity contribution in [3.8, 4) is 0 Å². The first kappa shape index (κ1) is 8.53. The highest BCUT2D eigenvalue weighted by Gasteiger charge is 2.29. The molecule has 1 rings (SSSR count). The fraction of sp³-hybridized carbons (Fsp3) is 0.875. The van der Waals surface area contributed by atoms with Crippen molar-refractivity contribution in [2.24, 2.45) is 5.92 Å². The van der Waals surface area contributed by atoms with E-state index in [1.165, 1.54) is 0 Å². The lowest BCUT2D eigenvalue weighted by molar-refractivity contribution is -0.151. The zero-order chi connectivity index (χ0) is 8.27. The molecule has 1 aliphatic rings. The molecule has 0 aromatic carbocycles. The second kappa shape index (κ2) is 3.72. The summed E-state index contributed by atoms with van der Waals surface area (Å²) in [5, 5.41) is 8.76. The molecular weight excluding hydrogens is 144 g/mol. The Bertz CT molecular complexity index is 144. The third-order valence-electron chi connectivity index (χ3n) is 2.16. The van der Waals surface area contributed by atoms with Crippen molar-refractivity contribution < 1.29 is 14.6 Å². The molecule has 0 bridgehead atoms. The van der Waals surface area contributed by atoms with E-state index >= 15 is 0 Å². The first-order valence-corrected chi connectivity index (χ1v) is 4.10. The molecule has 1 N–H and O–H groups in total. The molecule has 0 saturated carbocycles. The van der Waals surface area contributed by atoms with E-state index in [0.717, 1.165) is 25.9 Å². The van der Waals surface area contributed by atoms with Crippen LogP contribution in [0.5, 0.6) is 0 Å². The Labute approximate surface area is 66.4 Å². The number of carbonyl (C=O) groups is 1. The van der Waals surface area contributed by atoms with Gasteiger partial charge in [-0.3, -0.25) is 4.79 Å². The number of carboxylic acids is 1. The highest BCUT2D eigenvalue weighted by atomic mass is 16.5. The number of aliphatic carboxylic acids is 1. The molecule has 1 saturated heterocycles. The third kappa shape index (κ3) is 1.93. The summed E-state index contributed by atoms with van der Waals surface area (Å²) in [6, 6.07) is 0. The molecule has 0 spiro atoms. The van der Waals surface area contributed by atoms with E-state index in [4.69, 9.17) is 9.84 Å². The molecule has 2 unspecified atom stereocenters. The Morgan fingerprint density at radius 1 is 1.73 bits per heavy atom. The quantitative estimate of drug-likeness (QED) is 0.658. The molecule has 1 aliphatic heterocycles. The molecule has 0 aliphatic carbocycles. The van der Waals surface area contributed by atoms with Crippen molar-refractivity contribution in [2.45, 2.75) is 32.3 Å². The second-order valence-electron chi connectivity index (χ2n) is 2.90. The van der Waals surface area contributed by atoms with Crippen LogP contribution in [-0.2, 0) is 9.53 Å². The lowest BCUT2D eigenvalue weighted by Crippen LogP contribution is -2.34. The summed E-state index contributed by atoms with van der Waals surface area (Å²) in [6.45, 7) is 2.69. The molecular formula is C8H14O3. The van der Waals surface area contributed by atoms with E-state index in [2.05, 4.69) is 0 Å². The zero-order valence-electron chi connectivity index (χ0n) is 6.75. The topological polar surface area (TPSA) is 46.5 Å². The highest BCUT2D eigenvalue weighted by molar-refractivity contribution is 5.70. The molecule has 3 heteroatoms. The van der Waals surface area contributed by atoms with Crippen LogP contribution in [0.2, 0.25) is 0 Å². The van der Waals surface area contributed by atoms with E-state index in [0.29, 0.717) is 0 Å². The van der Waals surface area contributed by atoms with Crippen molar-refractivity contribution in [3.63, 3.8) is 0 Å². The molecule has 11 heavy (non-hydrogen) atoms. The summed E-state index contributed by atoms with van der Waals surface area (Å²) >= 11 is 0. The Hall–Kier alpha value is -0.570. The first-order valence-electron chi connectivity index (χ1n) is 4.10. The number of rotatable bonds is 2. The van der Waals surface area contributed by atoms with Gasteiger partial charge in [0.05, 0.1) is 12.0 Å². The monoisotopic (exact) mass is 158 g/mol. The van der Waals surface area contributed by atoms with Crippen LogP contribution in [0.4, 0.5) is 0 Å². The molecule has 2 atom stereocenters. The molecule has 64 valence electrons. The SMILES string of the molecule is CCC1OCCCC1C(=O)O. The van der Waals surface area contributed by atoms with Crippen LogP contribution in [0.1, 0.15) is 26.2 Å². The zero-order valence-corrected chi connectivity index (χ0v) is 6.75. The minimum Gasteiger partial charge on any atom is -0.481 e. The van der Waals surface area contributed by atoms with Crippen LogP contribution in [0.25, 0.3) is 0 Å². The van der Waals surface area contributed by atoms with Crippen molar-refractivity contribution in [2.75, 3.05) is 6.61 Å². The van der Waals surface area contributed by atoms with Gasteiger partial charge in [0.1, 0.15) is 0 Å².